The van der Waals surface area contributed by atoms with E-state index in [1.54, 1.807) is 34.1 Å². The third kappa shape index (κ3) is 17.2. The lowest BCUT2D eigenvalue weighted by Gasteiger charge is -2.37. The lowest BCUT2D eigenvalue weighted by Crippen LogP contribution is -2.57. The van der Waals surface area contributed by atoms with E-state index in [1.807, 2.05) is 132 Å². The van der Waals surface area contributed by atoms with E-state index in [0.29, 0.717) is 134 Å². The van der Waals surface area contributed by atoms with E-state index in [2.05, 4.69) is 76.7 Å². The van der Waals surface area contributed by atoms with Crippen LogP contribution in [0, 0.1) is 0 Å². The predicted octanol–water partition coefficient (Wildman–Crippen LogP) is 15.5. The number of nitrogens with one attached hydrogen (secondary N) is 4. The van der Waals surface area contributed by atoms with Gasteiger partial charge in [0.05, 0.1) is 73.1 Å². The number of thiophene rings is 2. The van der Waals surface area contributed by atoms with Crippen LogP contribution in [0.15, 0.2) is 156 Å². The van der Waals surface area contributed by atoms with Crippen LogP contribution in [0.1, 0.15) is 153 Å². The highest BCUT2D eigenvalue weighted by Gasteiger charge is 2.48. The molecule has 4 fully saturated rings. The number of epoxide rings is 4. The Kier molecular flexibility index (Phi) is 23.5. The molecule has 17 rings (SSSR count). The van der Waals surface area contributed by atoms with Crippen LogP contribution in [-0.2, 0) is 41.4 Å². The van der Waals surface area contributed by atoms with Crippen molar-refractivity contribution in [2.75, 3.05) is 105 Å². The number of nitrogens with zero attached hydrogens (tertiary/aromatic N) is 4. The first kappa shape index (κ1) is 80.2. The summed E-state index contributed by atoms with van der Waals surface area (Å²) in [6, 6.07) is 42.5. The molecule has 9 aromatic carbocycles. The highest BCUT2D eigenvalue weighted by molar-refractivity contribution is 7.10. The van der Waals surface area contributed by atoms with Gasteiger partial charge in [-0.15, -0.1) is 22.7 Å². The Bertz CT molecular complexity index is 4910. The fraction of sp³-hybridized carbons (Fsp3) is 0.383. The van der Waals surface area contributed by atoms with Crippen molar-refractivity contribution in [3.8, 4) is 46.0 Å². The van der Waals surface area contributed by atoms with Crippen molar-refractivity contribution < 1.29 is 66.7 Å². The molecule has 2 aromatic heterocycles. The SMILES string of the molecule is CC(C)c1ccc(Oc2cc3c4c(cc(Oc5ccc(C(C)C)cc5)c5c6c(Oc7ccc(C(C)C)cc7)cc7c8c(cc(Oc9ccc(C(C)C)cc9)c(c2c45)c86)C(=O)N(C(Cc2cccs2)C(=O)N(CCNCC2CO2)CCNCC2CO2)C7=O)C(=O)N(C(Cc2cccs2)C(=O)N(CCNCC2CO2)CCNCC2CO2)C3=O)cc1. The van der Waals surface area contributed by atoms with Gasteiger partial charge in [-0.25, -0.2) is 0 Å². The average Bonchev–Trinajstić information content (AvgIpc) is 1.07. The third-order valence-electron chi connectivity index (χ3n) is 23.2. The number of carbonyl (C=O) groups is 6. The minimum atomic E-state index is -1.37. The molecular formula is C94H100N8O14S2. The van der Waals surface area contributed by atoms with Gasteiger partial charge in [-0.05, 0) is 142 Å². The smallest absolute Gasteiger partial charge is 0.262 e. The monoisotopic (exact) mass is 1630 g/mol. The van der Waals surface area contributed by atoms with Gasteiger partial charge in [-0.3, -0.25) is 38.6 Å². The summed E-state index contributed by atoms with van der Waals surface area (Å²) in [6.45, 7) is 24.5. The number of hydrogen-bond acceptors (Lipinski definition) is 20. The molecule has 0 bridgehead atoms. The van der Waals surface area contributed by atoms with Crippen molar-refractivity contribution in [3.63, 3.8) is 0 Å². The molecule has 6 amide bonds. The number of benzene rings is 9. The van der Waals surface area contributed by atoms with Crippen LogP contribution in [-0.4, -0.2) is 197 Å². The summed E-state index contributed by atoms with van der Waals surface area (Å²) < 4.78 is 52.1. The molecule has 6 aliphatic rings. The van der Waals surface area contributed by atoms with Crippen LogP contribution in [0.25, 0.3) is 43.1 Å². The number of hydrogen-bond donors (Lipinski definition) is 4. The molecule has 4 N–H and O–H groups in total. The fourth-order valence-corrected chi connectivity index (χ4v) is 17.7. The summed E-state index contributed by atoms with van der Waals surface area (Å²) in [5, 5.41) is 20.1. The van der Waals surface area contributed by atoms with Crippen LogP contribution >= 0.6 is 22.7 Å². The largest absolute Gasteiger partial charge is 0.457 e. The van der Waals surface area contributed by atoms with Crippen molar-refractivity contribution in [2.45, 2.75) is 128 Å². The molecule has 8 heterocycles. The molecule has 6 atom stereocenters. The van der Waals surface area contributed by atoms with Gasteiger partial charge in [0.25, 0.3) is 23.6 Å². The van der Waals surface area contributed by atoms with Gasteiger partial charge < -0.3 is 69.0 Å². The maximum absolute atomic E-state index is 17.0. The third-order valence-corrected chi connectivity index (χ3v) is 25.0. The zero-order valence-corrected chi connectivity index (χ0v) is 69.5. The molecule has 4 saturated heterocycles. The Morgan fingerprint density at radius 3 is 0.831 bits per heavy atom. The molecule has 22 nitrogen and oxygen atoms in total. The maximum Gasteiger partial charge on any atom is 0.262 e. The number of imide groups is 2. The van der Waals surface area contributed by atoms with Gasteiger partial charge in [0.2, 0.25) is 11.8 Å². The van der Waals surface area contributed by atoms with Gasteiger partial charge in [-0.1, -0.05) is 116 Å². The molecule has 11 aromatic rings. The van der Waals surface area contributed by atoms with Gasteiger partial charge >= 0.3 is 0 Å². The maximum atomic E-state index is 17.0. The average molecular weight is 1630 g/mol. The second kappa shape index (κ2) is 34.6. The van der Waals surface area contributed by atoms with Gasteiger partial charge in [-0.2, -0.15) is 0 Å². The number of carbonyl (C=O) groups excluding carboxylic acids is 6. The standard InChI is InChI=1S/C94H100N8O14S2/c1-53(2)57-13-21-61(22-14-57)113-77-41-71-81-72(90(104)101(89(71)103)75(39-69-11-9-37-117-69)93(107)99(33-29-95-45-65-49-109-65)34-30-96-46-66-50-110-66)43-79(115-63-25-17-59(18-26-63)55(5)6)85-86-80(116-64-27-19-60(20-28-64)56(7)8)44-74-82-73(42-78(84(88(82)86)83(77)87(81)85)114-62-23-15-58(16-24-62)54(3)4)91(105)102(92(74)106)76(40-70-12-10-38-118-70)94(108)100(35-31-97-47-67-51-111-67)36-32-98-48-68-52-112-68/h9-28,37-38,41-44,53-56,65-68,75-76,95-98H,29-36,39-40,45-52H2,1-8H3. The second-order valence-electron chi connectivity index (χ2n) is 32.8. The highest BCUT2D eigenvalue weighted by Crippen LogP contribution is 2.58. The fourth-order valence-electron chi connectivity index (χ4n) is 16.2. The normalized spacial score (nSPS) is 17.8. The van der Waals surface area contributed by atoms with Crippen molar-refractivity contribution in [1.29, 1.82) is 0 Å². The summed E-state index contributed by atoms with van der Waals surface area (Å²) in [5.74, 6) is -1.19. The van der Waals surface area contributed by atoms with Crippen molar-refractivity contribution in [1.82, 2.24) is 40.9 Å². The van der Waals surface area contributed by atoms with Crippen LogP contribution in [0.4, 0.5) is 0 Å². The van der Waals surface area contributed by atoms with Gasteiger partial charge in [0, 0.05) is 144 Å². The van der Waals surface area contributed by atoms with E-state index in [9.17, 15) is 0 Å². The molecule has 0 radical (unpaired) electrons. The van der Waals surface area contributed by atoms with E-state index in [-0.39, 0.29) is 143 Å². The summed E-state index contributed by atoms with van der Waals surface area (Å²) in [4.78, 5) is 108. The van der Waals surface area contributed by atoms with E-state index in [0.717, 1.165) is 41.8 Å². The molecule has 24 heteroatoms. The zero-order valence-electron chi connectivity index (χ0n) is 67.8. The number of fused-ring (bicyclic) bond motifs is 2. The first-order valence-corrected chi connectivity index (χ1v) is 43.2. The van der Waals surface area contributed by atoms with E-state index >= 15 is 28.8 Å². The number of ether oxygens (including phenoxy) is 8. The molecule has 0 saturated carbocycles. The lowest BCUT2D eigenvalue weighted by molar-refractivity contribution is -0.136. The number of amides is 6. The van der Waals surface area contributed by atoms with Crippen molar-refractivity contribution in [3.05, 3.63) is 211 Å². The first-order chi connectivity index (χ1) is 57.3. The molecule has 0 spiro atoms. The lowest BCUT2D eigenvalue weighted by atomic mass is 9.80. The van der Waals surface area contributed by atoms with E-state index in [1.165, 1.54) is 22.7 Å². The van der Waals surface area contributed by atoms with E-state index in [4.69, 9.17) is 37.9 Å². The summed E-state index contributed by atoms with van der Waals surface area (Å²) in [5.41, 5.74) is 4.36. The minimum Gasteiger partial charge on any atom is -0.457 e. The van der Waals surface area contributed by atoms with E-state index < -0.39 is 47.5 Å². The Balaban J connectivity index is 0.941. The molecule has 118 heavy (non-hydrogen) atoms. The summed E-state index contributed by atoms with van der Waals surface area (Å²) in [7, 11) is 0. The van der Waals surface area contributed by atoms with Crippen molar-refractivity contribution in [2.24, 2.45) is 0 Å². The zero-order chi connectivity index (χ0) is 81.6. The Labute approximate surface area is 694 Å². The quantitative estimate of drug-likeness (QED) is 0.00916. The van der Waals surface area contributed by atoms with Crippen LogP contribution in [0.5, 0.6) is 46.0 Å². The highest BCUT2D eigenvalue weighted by atomic mass is 32.1. The van der Waals surface area contributed by atoms with Crippen molar-refractivity contribution >= 4 is 101 Å². The number of rotatable bonds is 40. The second-order valence-corrected chi connectivity index (χ2v) is 34.9. The van der Waals surface area contributed by atoms with Crippen LogP contribution in [0.2, 0.25) is 0 Å². The van der Waals surface area contributed by atoms with Gasteiger partial charge in [0.1, 0.15) is 58.1 Å². The Hall–Kier alpha value is -10.2. The Morgan fingerprint density at radius 1 is 0.373 bits per heavy atom. The molecule has 6 unspecified atom stereocenters. The Morgan fingerprint density at radius 2 is 0.619 bits per heavy atom. The molecule has 612 valence electrons. The minimum absolute atomic E-state index is 0.00124. The van der Waals surface area contributed by atoms with Crippen LogP contribution < -0.4 is 40.2 Å². The van der Waals surface area contributed by atoms with Gasteiger partial charge in [0.15, 0.2) is 0 Å². The molecular weight excluding hydrogens is 1530 g/mol. The van der Waals surface area contributed by atoms with Crippen LogP contribution in [0.3, 0.4) is 0 Å². The summed E-state index contributed by atoms with van der Waals surface area (Å²) in [6.07, 6.45) is 0.334. The predicted molar refractivity (Wildman–Crippen MR) is 458 cm³/mol. The molecule has 6 aliphatic heterocycles. The summed E-state index contributed by atoms with van der Waals surface area (Å²) >= 11 is 2.86. The molecule has 0 aliphatic carbocycles. The topological polar surface area (TPSA) is 251 Å². The first-order valence-electron chi connectivity index (χ1n) is 41.4.